The summed E-state index contributed by atoms with van der Waals surface area (Å²) in [5, 5.41) is 2.95. The highest BCUT2D eigenvalue weighted by molar-refractivity contribution is 6.02. The maximum Gasteiger partial charge on any atom is 0.248 e. The van der Waals surface area contributed by atoms with E-state index in [-0.39, 0.29) is 5.91 Å². The van der Waals surface area contributed by atoms with Gasteiger partial charge in [-0.25, -0.2) is 0 Å². The number of carbonyl (C=O) groups is 1. The summed E-state index contributed by atoms with van der Waals surface area (Å²) in [6.07, 6.45) is 3.38. The Morgan fingerprint density at radius 1 is 1.10 bits per heavy atom. The Bertz CT molecular complexity index is 642. The zero-order valence-corrected chi connectivity index (χ0v) is 12.8. The van der Waals surface area contributed by atoms with E-state index in [1.165, 1.54) is 5.56 Å². The summed E-state index contributed by atoms with van der Waals surface area (Å²) >= 11 is 0. The van der Waals surface area contributed by atoms with E-state index in [2.05, 4.69) is 25.2 Å². The zero-order chi connectivity index (χ0) is 15.2. The van der Waals surface area contributed by atoms with E-state index < -0.39 is 0 Å². The van der Waals surface area contributed by atoms with Gasteiger partial charge in [0.2, 0.25) is 5.91 Å². The predicted molar refractivity (Wildman–Crippen MR) is 89.4 cm³/mol. The van der Waals surface area contributed by atoms with Crippen LogP contribution >= 0.6 is 0 Å². The molecule has 0 radical (unpaired) electrons. The van der Waals surface area contributed by atoms with Crippen LogP contribution in [0.25, 0.3) is 6.08 Å². The second kappa shape index (κ2) is 6.89. The van der Waals surface area contributed by atoms with Gasteiger partial charge in [0.05, 0.1) is 0 Å². The smallest absolute Gasteiger partial charge is 0.248 e. The standard InChI is InChI=1S/C19H21NO/c1-14(2)17-11-9-15(3)18(13-17)20-19(21)12-10-16-7-5-4-6-8-16/h4-14H,1-3H3,(H,20,21)/b12-10+. The molecule has 0 fully saturated rings. The summed E-state index contributed by atoms with van der Waals surface area (Å²) in [4.78, 5) is 12.0. The lowest BCUT2D eigenvalue weighted by Crippen LogP contribution is -2.09. The molecule has 0 saturated carbocycles. The van der Waals surface area contributed by atoms with Gasteiger partial charge in [-0.3, -0.25) is 4.79 Å². The molecular formula is C19H21NO. The zero-order valence-electron chi connectivity index (χ0n) is 12.8. The molecule has 0 unspecified atom stereocenters. The minimum atomic E-state index is -0.108. The van der Waals surface area contributed by atoms with Gasteiger partial charge in [0.15, 0.2) is 0 Å². The molecule has 0 saturated heterocycles. The van der Waals surface area contributed by atoms with E-state index in [0.29, 0.717) is 5.92 Å². The highest BCUT2D eigenvalue weighted by atomic mass is 16.1. The van der Waals surface area contributed by atoms with Crippen LogP contribution in [0.2, 0.25) is 0 Å². The third-order valence-electron chi connectivity index (χ3n) is 3.41. The minimum Gasteiger partial charge on any atom is -0.322 e. The molecule has 0 aliphatic rings. The quantitative estimate of drug-likeness (QED) is 0.802. The van der Waals surface area contributed by atoms with Crippen molar-refractivity contribution in [3.63, 3.8) is 0 Å². The van der Waals surface area contributed by atoms with Gasteiger partial charge >= 0.3 is 0 Å². The number of aryl methyl sites for hydroxylation is 1. The Kier molecular flexibility index (Phi) is 4.94. The average Bonchev–Trinajstić information content (AvgIpc) is 2.48. The van der Waals surface area contributed by atoms with Gasteiger partial charge in [0, 0.05) is 11.8 Å². The molecule has 0 heterocycles. The number of hydrogen-bond acceptors (Lipinski definition) is 1. The molecule has 2 aromatic carbocycles. The fraction of sp³-hybridized carbons (Fsp3) is 0.211. The molecule has 1 N–H and O–H groups in total. The van der Waals surface area contributed by atoms with Crippen LogP contribution in [-0.2, 0) is 4.79 Å². The van der Waals surface area contributed by atoms with Crippen LogP contribution in [0.1, 0.15) is 36.5 Å². The lowest BCUT2D eigenvalue weighted by molar-refractivity contribution is -0.111. The number of amides is 1. The molecule has 0 aliphatic heterocycles. The summed E-state index contributed by atoms with van der Waals surface area (Å²) in [7, 11) is 0. The maximum absolute atomic E-state index is 12.0. The van der Waals surface area contributed by atoms with Crippen molar-refractivity contribution in [1.82, 2.24) is 0 Å². The molecule has 108 valence electrons. The van der Waals surface area contributed by atoms with Gasteiger partial charge in [0.1, 0.15) is 0 Å². The molecule has 2 rings (SSSR count). The molecule has 0 aromatic heterocycles. The molecule has 2 nitrogen and oxygen atoms in total. The SMILES string of the molecule is Cc1ccc(C(C)C)cc1NC(=O)/C=C/c1ccccc1. The van der Waals surface area contributed by atoms with Crippen LogP contribution in [0, 0.1) is 6.92 Å². The topological polar surface area (TPSA) is 29.1 Å². The Morgan fingerprint density at radius 2 is 1.81 bits per heavy atom. The normalized spacial score (nSPS) is 11.0. The van der Waals surface area contributed by atoms with Gasteiger partial charge in [-0.1, -0.05) is 56.3 Å². The first-order chi connectivity index (χ1) is 10.1. The average molecular weight is 279 g/mol. The number of nitrogens with one attached hydrogen (secondary N) is 1. The maximum atomic E-state index is 12.0. The van der Waals surface area contributed by atoms with E-state index in [1.54, 1.807) is 6.08 Å². The molecule has 0 atom stereocenters. The van der Waals surface area contributed by atoms with Crippen molar-refractivity contribution in [2.24, 2.45) is 0 Å². The van der Waals surface area contributed by atoms with Crippen LogP contribution in [0.5, 0.6) is 0 Å². The van der Waals surface area contributed by atoms with Crippen molar-refractivity contribution >= 4 is 17.7 Å². The van der Waals surface area contributed by atoms with Gasteiger partial charge in [-0.05, 0) is 41.7 Å². The summed E-state index contributed by atoms with van der Waals surface area (Å²) in [6, 6.07) is 16.0. The Hall–Kier alpha value is -2.35. The summed E-state index contributed by atoms with van der Waals surface area (Å²) in [6.45, 7) is 6.29. The lowest BCUT2D eigenvalue weighted by Gasteiger charge is -2.11. The highest BCUT2D eigenvalue weighted by Gasteiger charge is 2.05. The van der Waals surface area contributed by atoms with Crippen molar-refractivity contribution in [2.75, 3.05) is 5.32 Å². The largest absolute Gasteiger partial charge is 0.322 e. The van der Waals surface area contributed by atoms with E-state index in [1.807, 2.05) is 55.5 Å². The Morgan fingerprint density at radius 3 is 2.48 bits per heavy atom. The molecule has 2 heteroatoms. The molecule has 0 aliphatic carbocycles. The van der Waals surface area contributed by atoms with Crippen LogP contribution < -0.4 is 5.32 Å². The molecular weight excluding hydrogens is 258 g/mol. The molecule has 21 heavy (non-hydrogen) atoms. The van der Waals surface area contributed by atoms with Crippen LogP contribution in [-0.4, -0.2) is 5.91 Å². The van der Waals surface area contributed by atoms with Crippen molar-refractivity contribution < 1.29 is 4.79 Å². The molecule has 0 spiro atoms. The minimum absolute atomic E-state index is 0.108. The monoisotopic (exact) mass is 279 g/mol. The summed E-state index contributed by atoms with van der Waals surface area (Å²) in [5.74, 6) is 0.337. The van der Waals surface area contributed by atoms with E-state index >= 15 is 0 Å². The van der Waals surface area contributed by atoms with Crippen molar-refractivity contribution in [1.29, 1.82) is 0 Å². The first kappa shape index (κ1) is 15.0. The first-order valence-electron chi connectivity index (χ1n) is 7.21. The molecule has 1 amide bonds. The summed E-state index contributed by atoms with van der Waals surface area (Å²) < 4.78 is 0. The third-order valence-corrected chi connectivity index (χ3v) is 3.41. The van der Waals surface area contributed by atoms with Gasteiger partial charge in [0.25, 0.3) is 0 Å². The first-order valence-corrected chi connectivity index (χ1v) is 7.21. The number of rotatable bonds is 4. The van der Waals surface area contributed by atoms with Gasteiger partial charge in [-0.2, -0.15) is 0 Å². The number of benzene rings is 2. The van der Waals surface area contributed by atoms with Crippen LogP contribution in [0.15, 0.2) is 54.6 Å². The van der Waals surface area contributed by atoms with Crippen LogP contribution in [0.3, 0.4) is 0 Å². The van der Waals surface area contributed by atoms with E-state index in [9.17, 15) is 4.79 Å². The van der Waals surface area contributed by atoms with Crippen molar-refractivity contribution in [3.05, 3.63) is 71.3 Å². The highest BCUT2D eigenvalue weighted by Crippen LogP contribution is 2.22. The number of anilines is 1. The Labute approximate surface area is 126 Å². The fourth-order valence-electron chi connectivity index (χ4n) is 2.04. The Balaban J connectivity index is 2.09. The van der Waals surface area contributed by atoms with Crippen molar-refractivity contribution in [2.45, 2.75) is 26.7 Å². The van der Waals surface area contributed by atoms with Crippen LogP contribution in [0.4, 0.5) is 5.69 Å². The summed E-state index contributed by atoms with van der Waals surface area (Å²) in [5.41, 5.74) is 4.19. The lowest BCUT2D eigenvalue weighted by atomic mass is 10.0. The van der Waals surface area contributed by atoms with Crippen molar-refractivity contribution in [3.8, 4) is 0 Å². The van der Waals surface area contributed by atoms with E-state index in [4.69, 9.17) is 0 Å². The second-order valence-electron chi connectivity index (χ2n) is 5.46. The third kappa shape index (κ3) is 4.32. The molecule has 0 bridgehead atoms. The van der Waals surface area contributed by atoms with Gasteiger partial charge in [-0.15, -0.1) is 0 Å². The predicted octanol–water partition coefficient (Wildman–Crippen LogP) is 4.77. The molecule has 2 aromatic rings. The fourth-order valence-corrected chi connectivity index (χ4v) is 2.04. The second-order valence-corrected chi connectivity index (χ2v) is 5.46. The number of hydrogen-bond donors (Lipinski definition) is 1. The number of carbonyl (C=O) groups excluding carboxylic acids is 1. The van der Waals surface area contributed by atoms with E-state index in [0.717, 1.165) is 16.8 Å². The van der Waals surface area contributed by atoms with Gasteiger partial charge < -0.3 is 5.32 Å².